The molecule has 0 saturated carbocycles. The lowest BCUT2D eigenvalue weighted by atomic mass is 9.75. The SMILES string of the molecule is O=C(c1c(F)cccc1F)[N+]1(Cc2ccc(Cl)cc2Cl)CC2(CCNCC2)c2cc(Cl)ccc21. The minimum absolute atomic E-state index is 0.131. The highest BCUT2D eigenvalue weighted by Gasteiger charge is 2.58. The van der Waals surface area contributed by atoms with Crippen LogP contribution >= 0.6 is 34.8 Å². The quantitative estimate of drug-likeness (QED) is 0.379. The predicted molar refractivity (Wildman–Crippen MR) is 133 cm³/mol. The van der Waals surface area contributed by atoms with Gasteiger partial charge in [-0.2, -0.15) is 0 Å². The van der Waals surface area contributed by atoms with Gasteiger partial charge in [-0.15, -0.1) is 0 Å². The molecule has 8 heteroatoms. The lowest BCUT2D eigenvalue weighted by Gasteiger charge is -2.37. The molecule has 0 aromatic heterocycles. The zero-order valence-corrected chi connectivity index (χ0v) is 20.5. The van der Waals surface area contributed by atoms with Crippen LogP contribution in [-0.4, -0.2) is 25.5 Å². The second-order valence-electron chi connectivity index (χ2n) is 9.11. The van der Waals surface area contributed by atoms with E-state index in [4.69, 9.17) is 34.8 Å². The fourth-order valence-electron chi connectivity index (χ4n) is 5.58. The van der Waals surface area contributed by atoms with E-state index in [-0.39, 0.29) is 16.4 Å². The van der Waals surface area contributed by atoms with E-state index in [1.54, 1.807) is 24.3 Å². The van der Waals surface area contributed by atoms with Crippen LogP contribution in [-0.2, 0) is 12.0 Å². The van der Waals surface area contributed by atoms with Gasteiger partial charge >= 0.3 is 5.91 Å². The van der Waals surface area contributed by atoms with E-state index < -0.39 is 23.1 Å². The second kappa shape index (κ2) is 8.89. The summed E-state index contributed by atoms with van der Waals surface area (Å²) in [4.78, 5) is 14.2. The molecule has 0 aliphatic carbocycles. The Hall–Kier alpha value is -2.02. The van der Waals surface area contributed by atoms with Crippen LogP contribution in [0.3, 0.4) is 0 Å². The van der Waals surface area contributed by atoms with Crippen molar-refractivity contribution in [3.05, 3.63) is 98.0 Å². The first-order valence-electron chi connectivity index (χ1n) is 11.1. The van der Waals surface area contributed by atoms with E-state index in [2.05, 4.69) is 5.32 Å². The van der Waals surface area contributed by atoms with Gasteiger partial charge in [-0.25, -0.2) is 18.1 Å². The van der Waals surface area contributed by atoms with Gasteiger partial charge in [0.05, 0.1) is 10.4 Å². The Kier molecular flexibility index (Phi) is 6.20. The number of carbonyl (C=O) groups is 1. The fourth-order valence-corrected chi connectivity index (χ4v) is 6.22. The molecule has 176 valence electrons. The van der Waals surface area contributed by atoms with E-state index in [0.717, 1.165) is 43.6 Å². The molecule has 1 spiro atoms. The van der Waals surface area contributed by atoms with Crippen molar-refractivity contribution in [1.82, 2.24) is 9.80 Å². The normalized spacial score (nSPS) is 21.0. The van der Waals surface area contributed by atoms with Crippen molar-refractivity contribution < 1.29 is 13.6 Å². The van der Waals surface area contributed by atoms with Crippen molar-refractivity contribution in [1.29, 1.82) is 0 Å². The van der Waals surface area contributed by atoms with Gasteiger partial charge in [0.1, 0.15) is 30.4 Å². The highest BCUT2D eigenvalue weighted by molar-refractivity contribution is 6.35. The summed E-state index contributed by atoms with van der Waals surface area (Å²) >= 11 is 19.0. The van der Waals surface area contributed by atoms with Gasteiger partial charge in [-0.1, -0.05) is 46.9 Å². The molecule has 2 aliphatic rings. The van der Waals surface area contributed by atoms with Crippen LogP contribution in [0, 0.1) is 11.6 Å². The number of hydrogen-bond donors (Lipinski definition) is 1. The summed E-state index contributed by atoms with van der Waals surface area (Å²) in [6, 6.07) is 14.0. The zero-order valence-electron chi connectivity index (χ0n) is 18.2. The molecule has 1 saturated heterocycles. The number of nitrogens with zero attached hydrogens (tertiary/aromatic N) is 1. The minimum atomic E-state index is -0.883. The first kappa shape index (κ1) is 23.7. The molecule has 3 aromatic rings. The average molecular weight is 523 g/mol. The molecule has 1 fully saturated rings. The molecular weight excluding hydrogens is 501 g/mol. The first-order valence-corrected chi connectivity index (χ1v) is 12.2. The number of fused-ring (bicyclic) bond motifs is 2. The van der Waals surface area contributed by atoms with Crippen molar-refractivity contribution in [2.24, 2.45) is 0 Å². The van der Waals surface area contributed by atoms with Crippen LogP contribution < -0.4 is 9.80 Å². The number of benzene rings is 3. The van der Waals surface area contributed by atoms with Crippen molar-refractivity contribution in [2.75, 3.05) is 19.6 Å². The Morgan fingerprint density at radius 3 is 2.26 bits per heavy atom. The number of piperidine rings is 1. The summed E-state index contributed by atoms with van der Waals surface area (Å²) in [5.74, 6) is -2.40. The topological polar surface area (TPSA) is 29.1 Å². The molecule has 1 N–H and O–H groups in total. The third-order valence-electron chi connectivity index (χ3n) is 7.15. The molecule has 1 amide bonds. The largest absolute Gasteiger partial charge is 0.357 e. The summed E-state index contributed by atoms with van der Waals surface area (Å²) < 4.78 is 29.6. The van der Waals surface area contributed by atoms with Crippen molar-refractivity contribution in [2.45, 2.75) is 24.8 Å². The van der Waals surface area contributed by atoms with Gasteiger partial charge in [0.15, 0.2) is 5.56 Å². The molecule has 5 rings (SSSR count). The molecule has 0 bridgehead atoms. The highest BCUT2D eigenvalue weighted by Crippen LogP contribution is 2.52. The van der Waals surface area contributed by atoms with Crippen molar-refractivity contribution in [3.8, 4) is 0 Å². The second-order valence-corrected chi connectivity index (χ2v) is 10.4. The van der Waals surface area contributed by atoms with Gasteiger partial charge in [0, 0.05) is 27.2 Å². The zero-order chi connectivity index (χ0) is 24.1. The molecule has 2 aliphatic heterocycles. The number of nitrogens with one attached hydrogen (secondary N) is 1. The number of carbonyl (C=O) groups excluding carboxylic acids is 1. The lowest BCUT2D eigenvalue weighted by molar-refractivity contribution is 0.0717. The summed E-state index contributed by atoms with van der Waals surface area (Å²) in [5.41, 5.74) is 1.42. The fraction of sp³-hybridized carbons (Fsp3) is 0.269. The summed E-state index contributed by atoms with van der Waals surface area (Å²) in [6.07, 6.45) is 1.56. The smallest absolute Gasteiger partial charge is 0.317 e. The van der Waals surface area contributed by atoms with Crippen molar-refractivity contribution >= 4 is 46.4 Å². The van der Waals surface area contributed by atoms with Crippen LogP contribution in [0.1, 0.15) is 34.3 Å². The molecule has 2 heterocycles. The molecule has 0 radical (unpaired) electrons. The maximum absolute atomic E-state index is 14.9. The maximum atomic E-state index is 14.9. The Labute approximate surface area is 211 Å². The monoisotopic (exact) mass is 521 g/mol. The van der Waals surface area contributed by atoms with E-state index in [1.165, 1.54) is 6.07 Å². The number of hydrogen-bond acceptors (Lipinski definition) is 2. The third-order valence-corrected chi connectivity index (χ3v) is 7.97. The predicted octanol–water partition coefficient (Wildman–Crippen LogP) is 6.91. The highest BCUT2D eigenvalue weighted by atomic mass is 35.5. The van der Waals surface area contributed by atoms with Crippen molar-refractivity contribution in [3.63, 3.8) is 0 Å². The Morgan fingerprint density at radius 2 is 1.59 bits per heavy atom. The molecule has 3 aromatic carbocycles. The number of quaternary nitrogens is 1. The van der Waals surface area contributed by atoms with Gasteiger partial charge in [-0.3, -0.25) is 0 Å². The lowest BCUT2D eigenvalue weighted by Crippen LogP contribution is -2.57. The Morgan fingerprint density at radius 1 is 0.941 bits per heavy atom. The van der Waals surface area contributed by atoms with Gasteiger partial charge < -0.3 is 5.32 Å². The van der Waals surface area contributed by atoms with Gasteiger partial charge in [0.25, 0.3) is 0 Å². The van der Waals surface area contributed by atoms with Crippen LogP contribution in [0.25, 0.3) is 0 Å². The standard InChI is InChI=1S/C26H22Cl3F2N2O/c27-17-6-7-23-19(12-17)26(8-10-32-11-9-26)15-33(23,14-16-4-5-18(28)13-20(16)29)25(34)24-21(30)2-1-3-22(24)31/h1-7,12-13,32H,8-11,14-15H2/q+1. The summed E-state index contributed by atoms with van der Waals surface area (Å²) in [6.45, 7) is 2.04. The van der Waals surface area contributed by atoms with E-state index in [0.29, 0.717) is 32.9 Å². The Bertz CT molecular complexity index is 1270. The molecule has 3 nitrogen and oxygen atoms in total. The maximum Gasteiger partial charge on any atom is 0.357 e. The molecule has 1 unspecified atom stereocenters. The van der Waals surface area contributed by atoms with Crippen LogP contribution in [0.15, 0.2) is 54.6 Å². The van der Waals surface area contributed by atoms with Crippen LogP contribution in [0.2, 0.25) is 15.1 Å². The van der Waals surface area contributed by atoms with E-state index >= 15 is 0 Å². The number of rotatable bonds is 3. The molecule has 34 heavy (non-hydrogen) atoms. The first-order chi connectivity index (χ1) is 16.3. The van der Waals surface area contributed by atoms with E-state index in [1.807, 2.05) is 12.1 Å². The Balaban J connectivity index is 1.76. The summed E-state index contributed by atoms with van der Waals surface area (Å²) in [7, 11) is 0. The molecule has 1 atom stereocenters. The number of halogens is 5. The average Bonchev–Trinajstić information content (AvgIpc) is 3.05. The van der Waals surface area contributed by atoms with E-state index in [9.17, 15) is 13.6 Å². The minimum Gasteiger partial charge on any atom is -0.317 e. The van der Waals surface area contributed by atoms with Crippen LogP contribution in [0.5, 0.6) is 0 Å². The van der Waals surface area contributed by atoms with Gasteiger partial charge in [0.2, 0.25) is 0 Å². The van der Waals surface area contributed by atoms with Crippen LogP contribution in [0.4, 0.5) is 14.5 Å². The molecular formula is C26H22Cl3F2N2O+. The number of amides is 1. The third kappa shape index (κ3) is 3.84. The van der Waals surface area contributed by atoms with Gasteiger partial charge in [-0.05, 0) is 62.3 Å². The summed E-state index contributed by atoms with van der Waals surface area (Å²) in [5, 5.41) is 4.80.